The van der Waals surface area contributed by atoms with Crippen LogP contribution in [0, 0.1) is 12.7 Å². The molecule has 0 N–H and O–H groups in total. The van der Waals surface area contributed by atoms with Crippen molar-refractivity contribution in [1.29, 1.82) is 0 Å². The number of halogens is 1. The minimum Gasteiger partial charge on any atom is -0.233 e. The molecule has 6 rings (SSSR count). The highest BCUT2D eigenvalue weighted by Gasteiger charge is 2.48. The fraction of sp³-hybridized carbons (Fsp3) is 0.321. The molecular formula is C28H28FN3O2S. The Hall–Kier alpha value is -3.03. The Balaban J connectivity index is 1.44. The molecule has 1 saturated heterocycles. The monoisotopic (exact) mass is 489 g/mol. The molecule has 7 heteroatoms. The average Bonchev–Trinajstić information content (AvgIpc) is 3.52. The lowest BCUT2D eigenvalue weighted by atomic mass is 9.73. The summed E-state index contributed by atoms with van der Waals surface area (Å²) in [6.07, 6.45) is 4.96. The van der Waals surface area contributed by atoms with Crippen LogP contribution in [0.15, 0.2) is 72.9 Å². The van der Waals surface area contributed by atoms with Gasteiger partial charge >= 0.3 is 0 Å². The molecule has 35 heavy (non-hydrogen) atoms. The van der Waals surface area contributed by atoms with Crippen LogP contribution < -0.4 is 0 Å². The van der Waals surface area contributed by atoms with Crippen molar-refractivity contribution in [2.75, 3.05) is 13.1 Å². The minimum absolute atomic E-state index is 0.201. The molecule has 0 spiro atoms. The lowest BCUT2D eigenvalue weighted by molar-refractivity contribution is 0.413. The van der Waals surface area contributed by atoms with E-state index in [2.05, 4.69) is 36.3 Å². The zero-order chi connectivity index (χ0) is 24.2. The summed E-state index contributed by atoms with van der Waals surface area (Å²) in [5, 5.41) is 5.37. The quantitative estimate of drug-likeness (QED) is 0.376. The molecule has 2 fully saturated rings. The maximum Gasteiger partial charge on any atom is 0.217 e. The van der Waals surface area contributed by atoms with Crippen molar-refractivity contribution in [3.05, 3.63) is 95.4 Å². The van der Waals surface area contributed by atoms with Gasteiger partial charge in [-0.2, -0.15) is 5.10 Å². The number of rotatable bonds is 6. The van der Waals surface area contributed by atoms with E-state index in [0.29, 0.717) is 13.1 Å². The van der Waals surface area contributed by atoms with E-state index < -0.39 is 10.0 Å². The number of fused-ring (bicyclic) bond motifs is 1. The predicted octanol–water partition coefficient (Wildman–Crippen LogP) is 5.15. The molecule has 1 saturated carbocycles. The summed E-state index contributed by atoms with van der Waals surface area (Å²) in [4.78, 5) is 0. The van der Waals surface area contributed by atoms with E-state index in [1.165, 1.54) is 23.3 Å². The van der Waals surface area contributed by atoms with Crippen molar-refractivity contribution < 1.29 is 12.8 Å². The van der Waals surface area contributed by atoms with Gasteiger partial charge in [0.2, 0.25) is 10.0 Å². The lowest BCUT2D eigenvalue weighted by Gasteiger charge is -2.32. The van der Waals surface area contributed by atoms with Gasteiger partial charge < -0.3 is 0 Å². The predicted molar refractivity (Wildman–Crippen MR) is 136 cm³/mol. The highest BCUT2D eigenvalue weighted by molar-refractivity contribution is 7.90. The summed E-state index contributed by atoms with van der Waals surface area (Å²) in [5.41, 5.74) is 4.95. The van der Waals surface area contributed by atoms with Crippen molar-refractivity contribution in [2.24, 2.45) is 0 Å². The molecule has 5 nitrogen and oxygen atoms in total. The number of hydrogen-bond donors (Lipinski definition) is 0. The number of hydrogen-bond acceptors (Lipinski definition) is 3. The van der Waals surface area contributed by atoms with Crippen LogP contribution in [0.1, 0.15) is 36.0 Å². The van der Waals surface area contributed by atoms with Crippen LogP contribution in [0.25, 0.3) is 16.6 Å². The normalized spacial score (nSPS) is 21.1. The zero-order valence-corrected chi connectivity index (χ0v) is 20.5. The van der Waals surface area contributed by atoms with E-state index in [9.17, 15) is 12.8 Å². The molecule has 0 amide bonds. The van der Waals surface area contributed by atoms with Crippen LogP contribution in [-0.2, 0) is 21.9 Å². The van der Waals surface area contributed by atoms with E-state index in [1.54, 1.807) is 16.4 Å². The molecular weight excluding hydrogens is 461 g/mol. The summed E-state index contributed by atoms with van der Waals surface area (Å²) >= 11 is 0. The standard InChI is InChI=1S/C28H28FN3O2S/c1-20-15-27-22(18-30-32(27)24-9-7-23(29)8-10-24)16-26(20)28(17-21-5-3-2-4-6-21)13-14-31(19-28)35(33,34)25-11-12-25/h2-10,15-16,18,25H,11-14,17,19H2,1H3. The van der Waals surface area contributed by atoms with E-state index in [4.69, 9.17) is 0 Å². The third-order valence-electron chi connectivity index (χ3n) is 7.57. The van der Waals surface area contributed by atoms with E-state index in [1.807, 2.05) is 29.1 Å². The van der Waals surface area contributed by atoms with Gasteiger partial charge in [0.15, 0.2) is 0 Å². The van der Waals surface area contributed by atoms with Crippen LogP contribution in [-0.4, -0.2) is 40.8 Å². The Labute approximate surface area is 205 Å². The molecule has 2 heterocycles. The Bertz CT molecular complexity index is 1490. The SMILES string of the molecule is Cc1cc2c(cnn2-c2ccc(F)cc2)cc1C1(Cc2ccccc2)CCN(S(=O)(=O)C2CC2)C1. The Morgan fingerprint density at radius 3 is 2.51 bits per heavy atom. The van der Waals surface area contributed by atoms with Crippen molar-refractivity contribution in [3.8, 4) is 5.69 Å². The van der Waals surface area contributed by atoms with Crippen LogP contribution in [0.3, 0.4) is 0 Å². The van der Waals surface area contributed by atoms with Crippen molar-refractivity contribution >= 4 is 20.9 Å². The molecule has 1 aliphatic carbocycles. The van der Waals surface area contributed by atoms with Crippen LogP contribution >= 0.6 is 0 Å². The topological polar surface area (TPSA) is 55.2 Å². The number of sulfonamides is 1. The molecule has 0 radical (unpaired) electrons. The van der Waals surface area contributed by atoms with Crippen LogP contribution in [0.2, 0.25) is 0 Å². The molecule has 1 aliphatic heterocycles. The Morgan fingerprint density at radius 1 is 1.06 bits per heavy atom. The summed E-state index contributed by atoms with van der Waals surface area (Å²) < 4.78 is 43.3. The summed E-state index contributed by atoms with van der Waals surface area (Å²) in [7, 11) is -3.24. The van der Waals surface area contributed by atoms with Crippen LogP contribution in [0.5, 0.6) is 0 Å². The van der Waals surface area contributed by atoms with Crippen molar-refractivity contribution in [3.63, 3.8) is 0 Å². The second kappa shape index (κ2) is 8.28. The van der Waals surface area contributed by atoms with Crippen molar-refractivity contribution in [1.82, 2.24) is 14.1 Å². The molecule has 180 valence electrons. The average molecular weight is 490 g/mol. The molecule has 1 atom stereocenters. The highest BCUT2D eigenvalue weighted by atomic mass is 32.2. The van der Waals surface area contributed by atoms with Crippen molar-refractivity contribution in [2.45, 2.75) is 43.3 Å². The molecule has 0 bridgehead atoms. The number of aryl methyl sites for hydroxylation is 1. The second-order valence-corrected chi connectivity index (χ2v) is 12.2. The van der Waals surface area contributed by atoms with Gasteiger partial charge in [0.05, 0.1) is 22.7 Å². The Morgan fingerprint density at radius 2 is 1.80 bits per heavy atom. The van der Waals surface area contributed by atoms with Gasteiger partial charge in [-0.15, -0.1) is 0 Å². The molecule has 1 aromatic heterocycles. The first-order valence-corrected chi connectivity index (χ1v) is 13.6. The van der Waals surface area contributed by atoms with Gasteiger partial charge in [-0.1, -0.05) is 30.3 Å². The van der Waals surface area contributed by atoms with Gasteiger partial charge in [-0.05, 0) is 85.7 Å². The van der Waals surface area contributed by atoms with Gasteiger partial charge in [-0.3, -0.25) is 0 Å². The third-order valence-corrected chi connectivity index (χ3v) is 9.91. The highest BCUT2D eigenvalue weighted by Crippen LogP contribution is 2.44. The fourth-order valence-corrected chi connectivity index (χ4v) is 7.54. The first-order valence-electron chi connectivity index (χ1n) is 12.1. The Kier molecular flexibility index (Phi) is 5.31. The molecule has 4 aromatic rings. The maximum absolute atomic E-state index is 13.4. The van der Waals surface area contributed by atoms with E-state index in [-0.39, 0.29) is 16.5 Å². The summed E-state index contributed by atoms with van der Waals surface area (Å²) in [5.74, 6) is -0.279. The maximum atomic E-state index is 13.4. The van der Waals surface area contributed by atoms with Crippen LogP contribution in [0.4, 0.5) is 4.39 Å². The van der Waals surface area contributed by atoms with E-state index >= 15 is 0 Å². The second-order valence-electron chi connectivity index (χ2n) is 10.0. The number of aromatic nitrogens is 2. The smallest absolute Gasteiger partial charge is 0.217 e. The summed E-state index contributed by atoms with van der Waals surface area (Å²) in [6.45, 7) is 3.15. The first-order chi connectivity index (χ1) is 16.9. The first kappa shape index (κ1) is 22.4. The minimum atomic E-state index is -3.24. The fourth-order valence-electron chi connectivity index (χ4n) is 5.61. The molecule has 1 unspecified atom stereocenters. The van der Waals surface area contributed by atoms with Gasteiger partial charge in [-0.25, -0.2) is 21.8 Å². The largest absolute Gasteiger partial charge is 0.233 e. The summed E-state index contributed by atoms with van der Waals surface area (Å²) in [6, 6.07) is 21.0. The lowest BCUT2D eigenvalue weighted by Crippen LogP contribution is -2.38. The van der Waals surface area contributed by atoms with E-state index in [0.717, 1.165) is 47.8 Å². The number of benzene rings is 3. The zero-order valence-electron chi connectivity index (χ0n) is 19.7. The molecule has 3 aromatic carbocycles. The molecule has 2 aliphatic rings. The van der Waals surface area contributed by atoms with Gasteiger partial charge in [0.25, 0.3) is 0 Å². The third kappa shape index (κ3) is 3.96. The number of nitrogens with zero attached hydrogens (tertiary/aromatic N) is 3. The van der Waals surface area contributed by atoms with Gasteiger partial charge in [0.1, 0.15) is 5.82 Å². The van der Waals surface area contributed by atoms with Gasteiger partial charge in [0, 0.05) is 23.9 Å².